The zero-order valence-corrected chi connectivity index (χ0v) is 14.2. The van der Waals surface area contributed by atoms with Crippen molar-refractivity contribution < 1.29 is 13.2 Å². The first-order chi connectivity index (χ1) is 9.92. The Morgan fingerprint density at radius 2 is 2.05 bits per heavy atom. The molecule has 21 heavy (non-hydrogen) atoms. The monoisotopic (exact) mass is 386 g/mol. The van der Waals surface area contributed by atoms with Gasteiger partial charge in [-0.25, -0.2) is 8.42 Å². The maximum Gasteiger partial charge on any atom is 0.263 e. The summed E-state index contributed by atoms with van der Waals surface area (Å²) in [6.45, 7) is 1.70. The molecule has 8 heteroatoms. The third-order valence-electron chi connectivity index (χ3n) is 2.54. The summed E-state index contributed by atoms with van der Waals surface area (Å²) in [5.74, 6) is 0.508. The number of nitrogens with one attached hydrogen (secondary N) is 1. The van der Waals surface area contributed by atoms with Crippen LogP contribution in [0.3, 0.4) is 0 Å². The number of rotatable bonds is 5. The van der Waals surface area contributed by atoms with Gasteiger partial charge in [-0.05, 0) is 53.2 Å². The fourth-order valence-electron chi connectivity index (χ4n) is 1.64. The number of sulfonamides is 1. The van der Waals surface area contributed by atoms with E-state index in [1.165, 1.54) is 11.3 Å². The molecule has 1 aromatic carbocycles. The molecule has 0 radical (unpaired) electrons. The Hall–Kier alpha value is -1.56. The van der Waals surface area contributed by atoms with E-state index in [1.54, 1.807) is 37.3 Å². The molecule has 0 aliphatic heterocycles. The van der Waals surface area contributed by atoms with Crippen molar-refractivity contribution in [2.24, 2.45) is 0 Å². The maximum absolute atomic E-state index is 12.3. The van der Waals surface area contributed by atoms with Gasteiger partial charge >= 0.3 is 0 Å². The number of nitriles is 1. The summed E-state index contributed by atoms with van der Waals surface area (Å²) in [5.41, 5.74) is 0.432. The number of thiophene rings is 1. The highest BCUT2D eigenvalue weighted by atomic mass is 79.9. The topological polar surface area (TPSA) is 79.2 Å². The van der Waals surface area contributed by atoms with Crippen LogP contribution in [-0.2, 0) is 10.0 Å². The normalized spacial score (nSPS) is 10.9. The van der Waals surface area contributed by atoms with Crippen LogP contribution in [0.15, 0.2) is 39.0 Å². The molecular formula is C13H11BrN2O3S2. The second-order valence-corrected chi connectivity index (χ2v) is 8.33. The third kappa shape index (κ3) is 3.97. The van der Waals surface area contributed by atoms with Crippen LogP contribution in [0.4, 0.5) is 5.69 Å². The minimum absolute atomic E-state index is 0.0484. The molecule has 0 saturated carbocycles. The Balaban J connectivity index is 2.17. The summed E-state index contributed by atoms with van der Waals surface area (Å²) in [7, 11) is -3.62. The van der Waals surface area contributed by atoms with E-state index in [0.29, 0.717) is 16.3 Å². The SMILES string of the molecule is Cc1sc(Br)cc1S(=O)(=O)Nc1ccc(OCC#N)cc1. The smallest absolute Gasteiger partial charge is 0.263 e. The van der Waals surface area contributed by atoms with E-state index in [-0.39, 0.29) is 11.5 Å². The summed E-state index contributed by atoms with van der Waals surface area (Å²) in [6, 6.07) is 9.81. The van der Waals surface area contributed by atoms with E-state index < -0.39 is 10.0 Å². The first-order valence-electron chi connectivity index (χ1n) is 5.81. The first kappa shape index (κ1) is 15.8. The summed E-state index contributed by atoms with van der Waals surface area (Å²) in [6.07, 6.45) is 0. The fraction of sp³-hybridized carbons (Fsp3) is 0.154. The van der Waals surface area contributed by atoms with Crippen LogP contribution in [0.1, 0.15) is 4.88 Å². The second kappa shape index (κ2) is 6.47. The average molecular weight is 387 g/mol. The van der Waals surface area contributed by atoms with Crippen molar-refractivity contribution >= 4 is 43.0 Å². The van der Waals surface area contributed by atoms with Crippen molar-refractivity contribution in [3.8, 4) is 11.8 Å². The van der Waals surface area contributed by atoms with E-state index in [1.807, 2.05) is 6.07 Å². The van der Waals surface area contributed by atoms with Gasteiger partial charge < -0.3 is 4.74 Å². The molecule has 1 heterocycles. The highest BCUT2D eigenvalue weighted by molar-refractivity contribution is 9.11. The van der Waals surface area contributed by atoms with Gasteiger partial charge in [-0.1, -0.05) is 0 Å². The number of nitrogens with zero attached hydrogens (tertiary/aromatic N) is 1. The van der Waals surface area contributed by atoms with Crippen LogP contribution in [-0.4, -0.2) is 15.0 Å². The van der Waals surface area contributed by atoms with Crippen LogP contribution >= 0.6 is 27.3 Å². The van der Waals surface area contributed by atoms with Gasteiger partial charge in [0.05, 0.1) is 3.79 Å². The quantitative estimate of drug-likeness (QED) is 0.852. The van der Waals surface area contributed by atoms with Crippen LogP contribution < -0.4 is 9.46 Å². The van der Waals surface area contributed by atoms with Gasteiger partial charge in [-0.15, -0.1) is 11.3 Å². The van der Waals surface area contributed by atoms with Gasteiger partial charge in [-0.3, -0.25) is 4.72 Å². The van der Waals surface area contributed by atoms with Crippen molar-refractivity contribution in [3.63, 3.8) is 0 Å². The van der Waals surface area contributed by atoms with E-state index >= 15 is 0 Å². The molecule has 0 bridgehead atoms. The van der Waals surface area contributed by atoms with Crippen LogP contribution in [0, 0.1) is 18.3 Å². The Kier molecular flexibility index (Phi) is 4.88. The number of ether oxygens (including phenoxy) is 1. The molecule has 110 valence electrons. The Labute approximate surface area is 135 Å². The molecule has 0 atom stereocenters. The predicted octanol–water partition coefficient (Wildman–Crippen LogP) is 3.52. The fourth-order valence-corrected chi connectivity index (χ4v) is 5.12. The lowest BCUT2D eigenvalue weighted by molar-refractivity contribution is 0.368. The number of hydrogen-bond acceptors (Lipinski definition) is 5. The molecule has 0 amide bonds. The van der Waals surface area contributed by atoms with Crippen LogP contribution in [0.2, 0.25) is 0 Å². The van der Waals surface area contributed by atoms with Gasteiger partial charge in [0.1, 0.15) is 16.7 Å². The van der Waals surface area contributed by atoms with E-state index in [2.05, 4.69) is 20.7 Å². The van der Waals surface area contributed by atoms with Crippen molar-refractivity contribution in [1.82, 2.24) is 0 Å². The molecule has 1 N–H and O–H groups in total. The van der Waals surface area contributed by atoms with E-state index in [9.17, 15) is 8.42 Å². The van der Waals surface area contributed by atoms with Gasteiger partial charge in [0.15, 0.2) is 6.61 Å². The molecule has 2 aromatic rings. The van der Waals surface area contributed by atoms with Crippen LogP contribution in [0.25, 0.3) is 0 Å². The van der Waals surface area contributed by atoms with Crippen molar-refractivity contribution in [2.75, 3.05) is 11.3 Å². The van der Waals surface area contributed by atoms with E-state index in [4.69, 9.17) is 10.00 Å². The Morgan fingerprint density at radius 1 is 1.38 bits per heavy atom. The standard InChI is InChI=1S/C13H11BrN2O3S2/c1-9-12(8-13(14)20-9)21(17,18)16-10-2-4-11(5-3-10)19-7-6-15/h2-5,8,16H,7H2,1H3. The molecule has 0 aliphatic carbocycles. The Morgan fingerprint density at radius 3 is 2.57 bits per heavy atom. The molecule has 0 aliphatic rings. The number of hydrogen-bond donors (Lipinski definition) is 1. The average Bonchev–Trinajstić information content (AvgIpc) is 2.77. The molecular weight excluding hydrogens is 376 g/mol. The minimum Gasteiger partial charge on any atom is -0.479 e. The second-order valence-electron chi connectivity index (χ2n) is 4.05. The van der Waals surface area contributed by atoms with Gasteiger partial charge in [0.25, 0.3) is 10.0 Å². The number of aryl methyl sites for hydroxylation is 1. The van der Waals surface area contributed by atoms with Crippen molar-refractivity contribution in [3.05, 3.63) is 39.0 Å². The van der Waals surface area contributed by atoms with Crippen LogP contribution in [0.5, 0.6) is 5.75 Å². The molecule has 1 aromatic heterocycles. The van der Waals surface area contributed by atoms with Crippen molar-refractivity contribution in [2.45, 2.75) is 11.8 Å². The summed E-state index contributed by atoms with van der Waals surface area (Å²) in [4.78, 5) is 0.965. The molecule has 2 rings (SSSR count). The highest BCUT2D eigenvalue weighted by Gasteiger charge is 2.19. The molecule has 0 saturated heterocycles. The minimum atomic E-state index is -3.62. The Bertz CT molecular complexity index is 777. The lowest BCUT2D eigenvalue weighted by atomic mass is 10.3. The molecule has 0 fully saturated rings. The van der Waals surface area contributed by atoms with E-state index in [0.717, 1.165) is 3.79 Å². The molecule has 5 nitrogen and oxygen atoms in total. The number of halogens is 1. The predicted molar refractivity (Wildman–Crippen MR) is 85.1 cm³/mol. The lowest BCUT2D eigenvalue weighted by Crippen LogP contribution is -2.13. The third-order valence-corrected chi connectivity index (χ3v) is 5.73. The zero-order chi connectivity index (χ0) is 15.5. The maximum atomic E-state index is 12.3. The van der Waals surface area contributed by atoms with Gasteiger partial charge in [-0.2, -0.15) is 5.26 Å². The van der Waals surface area contributed by atoms with Crippen molar-refractivity contribution in [1.29, 1.82) is 5.26 Å². The highest BCUT2D eigenvalue weighted by Crippen LogP contribution is 2.31. The number of benzene rings is 1. The lowest BCUT2D eigenvalue weighted by Gasteiger charge is -2.08. The van der Waals surface area contributed by atoms with Gasteiger partial charge in [0.2, 0.25) is 0 Å². The summed E-state index contributed by atoms with van der Waals surface area (Å²) >= 11 is 4.64. The molecule has 0 unspecified atom stereocenters. The summed E-state index contributed by atoms with van der Waals surface area (Å²) < 4.78 is 33.0. The number of anilines is 1. The van der Waals surface area contributed by atoms with Gasteiger partial charge in [0, 0.05) is 10.6 Å². The zero-order valence-electron chi connectivity index (χ0n) is 11.0. The summed E-state index contributed by atoms with van der Waals surface area (Å²) in [5, 5.41) is 8.42. The first-order valence-corrected chi connectivity index (χ1v) is 8.90. The largest absolute Gasteiger partial charge is 0.479 e. The molecule has 0 spiro atoms.